The van der Waals surface area contributed by atoms with Gasteiger partial charge >= 0.3 is 18.2 Å². The molecule has 1 fully saturated rings. The molecule has 2 aromatic rings. The van der Waals surface area contributed by atoms with E-state index in [1.165, 1.54) is 0 Å². The fraction of sp³-hybridized carbons (Fsp3) is 0.605. The van der Waals surface area contributed by atoms with Gasteiger partial charge < -0.3 is 39.8 Å². The summed E-state index contributed by atoms with van der Waals surface area (Å²) < 4.78 is 22.3. The van der Waals surface area contributed by atoms with Gasteiger partial charge in [0.2, 0.25) is 11.8 Å². The summed E-state index contributed by atoms with van der Waals surface area (Å²) in [5.41, 5.74) is 1.60. The summed E-state index contributed by atoms with van der Waals surface area (Å²) in [4.78, 5) is 66.9. The summed E-state index contributed by atoms with van der Waals surface area (Å²) in [5.74, 6) is -0.536. The van der Waals surface area contributed by atoms with Crippen LogP contribution in [0, 0.1) is 12.8 Å². The van der Waals surface area contributed by atoms with Crippen LogP contribution in [0.3, 0.4) is 0 Å². The summed E-state index contributed by atoms with van der Waals surface area (Å²) in [6.07, 6.45) is 2.53. The van der Waals surface area contributed by atoms with Crippen LogP contribution in [0.15, 0.2) is 48.5 Å². The number of amides is 4. The number of nitrogens with zero attached hydrogens (tertiary/aromatic N) is 1. The summed E-state index contributed by atoms with van der Waals surface area (Å²) in [6.45, 7) is 16.8. The molecule has 2 aromatic carbocycles. The van der Waals surface area contributed by atoms with Gasteiger partial charge in [0, 0.05) is 32.0 Å². The van der Waals surface area contributed by atoms with Crippen molar-refractivity contribution in [3.8, 4) is 5.75 Å². The van der Waals surface area contributed by atoms with Crippen molar-refractivity contribution in [2.45, 2.75) is 137 Å². The molecule has 0 aliphatic carbocycles. The SMILES string of the molecule is CCCCOC(=O)N[C@@H](CCCC(=O)OC(C)(C)C)C(=O)N[C@@H](CCc1ccccc1)C(=O)NCc1cc(OCC2CCN(C(=O)OC(C)(C)C)C2)ccc1C. The summed E-state index contributed by atoms with van der Waals surface area (Å²) in [6, 6.07) is 13.4. The zero-order chi connectivity index (χ0) is 41.3. The van der Waals surface area contributed by atoms with Crippen LogP contribution in [-0.2, 0) is 41.6 Å². The van der Waals surface area contributed by atoms with Gasteiger partial charge in [-0.25, -0.2) is 9.59 Å². The molecule has 1 heterocycles. The first-order chi connectivity index (χ1) is 26.4. The molecule has 3 N–H and O–H groups in total. The molecule has 13 nitrogen and oxygen atoms in total. The fourth-order valence-corrected chi connectivity index (χ4v) is 6.01. The van der Waals surface area contributed by atoms with Crippen LogP contribution in [-0.4, -0.2) is 84.5 Å². The number of hydrogen-bond donors (Lipinski definition) is 3. The van der Waals surface area contributed by atoms with Crippen LogP contribution in [0.5, 0.6) is 5.75 Å². The second-order valence-corrected chi connectivity index (χ2v) is 16.4. The topological polar surface area (TPSA) is 162 Å². The molecule has 4 amide bonds. The minimum Gasteiger partial charge on any atom is -0.493 e. The van der Waals surface area contributed by atoms with Gasteiger partial charge in [-0.2, -0.15) is 0 Å². The summed E-state index contributed by atoms with van der Waals surface area (Å²) in [7, 11) is 0. The minimum atomic E-state index is -1.05. The zero-order valence-electron chi connectivity index (χ0n) is 34.7. The van der Waals surface area contributed by atoms with Crippen LogP contribution in [0.1, 0.15) is 110 Å². The average Bonchev–Trinajstić information content (AvgIpc) is 3.60. The van der Waals surface area contributed by atoms with Crippen LogP contribution < -0.4 is 20.7 Å². The second kappa shape index (κ2) is 22.1. The first kappa shape index (κ1) is 45.6. The molecule has 1 aliphatic rings. The standard InChI is InChI=1S/C43H64N4O9/c1-9-10-25-53-40(51)46-35(17-14-18-37(48)55-42(3,4)5)39(50)45-36(22-20-31-15-12-11-13-16-31)38(49)44-27-33-26-34(21-19-30(33)2)54-29-32-23-24-47(28-32)41(52)56-43(6,7)8/h11-13,15-16,19,21,26,32,35-36H,9-10,14,17-18,20,22-25,27-29H2,1-8H3,(H,44,49)(H,45,50)(H,46,51)/t32?,35-,36-/m0/s1. The highest BCUT2D eigenvalue weighted by Crippen LogP contribution is 2.23. The van der Waals surface area contributed by atoms with Crippen molar-refractivity contribution in [2.75, 3.05) is 26.3 Å². The Bertz CT molecular complexity index is 1590. The van der Waals surface area contributed by atoms with E-state index >= 15 is 0 Å². The molecule has 3 atom stereocenters. The third-order valence-electron chi connectivity index (χ3n) is 9.03. The molecule has 0 bridgehead atoms. The predicted molar refractivity (Wildman–Crippen MR) is 214 cm³/mol. The number of aryl methyl sites for hydroxylation is 2. The number of ether oxygens (including phenoxy) is 4. The smallest absolute Gasteiger partial charge is 0.410 e. The maximum absolute atomic E-state index is 13.8. The molecular formula is C43H64N4O9. The van der Waals surface area contributed by atoms with Gasteiger partial charge in [0.15, 0.2) is 0 Å². The van der Waals surface area contributed by atoms with E-state index in [2.05, 4.69) is 16.0 Å². The molecule has 3 rings (SSSR count). The predicted octanol–water partition coefficient (Wildman–Crippen LogP) is 6.77. The van der Waals surface area contributed by atoms with Crippen LogP contribution >= 0.6 is 0 Å². The van der Waals surface area contributed by atoms with Gasteiger partial charge in [-0.15, -0.1) is 0 Å². The second-order valence-electron chi connectivity index (χ2n) is 16.4. The van der Waals surface area contributed by atoms with Crippen LogP contribution in [0.2, 0.25) is 0 Å². The Labute approximate surface area is 332 Å². The quantitative estimate of drug-likeness (QED) is 0.0794. The highest BCUT2D eigenvalue weighted by Gasteiger charge is 2.31. The monoisotopic (exact) mass is 780 g/mol. The highest BCUT2D eigenvalue weighted by molar-refractivity contribution is 5.91. The number of alkyl carbamates (subject to hydrolysis) is 1. The number of carbonyl (C=O) groups excluding carboxylic acids is 5. The van der Waals surface area contributed by atoms with Crippen LogP contribution in [0.4, 0.5) is 9.59 Å². The van der Waals surface area contributed by atoms with Crippen molar-refractivity contribution in [2.24, 2.45) is 5.92 Å². The van der Waals surface area contributed by atoms with Gasteiger partial charge in [-0.1, -0.05) is 49.7 Å². The fourth-order valence-electron chi connectivity index (χ4n) is 6.01. The largest absolute Gasteiger partial charge is 0.493 e. The number of unbranched alkanes of at least 4 members (excludes halogenated alkanes) is 1. The van der Waals surface area contributed by atoms with E-state index in [1.54, 1.807) is 25.7 Å². The first-order valence-electron chi connectivity index (χ1n) is 19.9. The van der Waals surface area contributed by atoms with Gasteiger partial charge in [0.05, 0.1) is 13.2 Å². The lowest BCUT2D eigenvalue weighted by Gasteiger charge is -2.24. The Morgan fingerprint density at radius 1 is 0.857 bits per heavy atom. The van der Waals surface area contributed by atoms with Crippen molar-refractivity contribution < 1.29 is 42.9 Å². The molecule has 0 radical (unpaired) electrons. The van der Waals surface area contributed by atoms with E-state index in [0.717, 1.165) is 29.5 Å². The Balaban J connectivity index is 1.67. The number of esters is 1. The van der Waals surface area contributed by atoms with Crippen LogP contribution in [0.25, 0.3) is 0 Å². The van der Waals surface area contributed by atoms with Crippen molar-refractivity contribution in [3.63, 3.8) is 0 Å². The van der Waals surface area contributed by atoms with Gasteiger partial charge in [-0.3, -0.25) is 14.4 Å². The molecular weight excluding hydrogens is 716 g/mol. The zero-order valence-corrected chi connectivity index (χ0v) is 34.7. The minimum absolute atomic E-state index is 0.0544. The Morgan fingerprint density at radius 3 is 2.23 bits per heavy atom. The summed E-state index contributed by atoms with van der Waals surface area (Å²) >= 11 is 0. The normalized spacial score (nSPS) is 15.3. The Hall–Kier alpha value is -4.81. The molecule has 1 aliphatic heterocycles. The van der Waals surface area contributed by atoms with Gasteiger partial charge in [0.1, 0.15) is 29.0 Å². The number of nitrogens with one attached hydrogen (secondary N) is 3. The lowest BCUT2D eigenvalue weighted by molar-refractivity contribution is -0.155. The lowest BCUT2D eigenvalue weighted by Crippen LogP contribution is -2.54. The lowest BCUT2D eigenvalue weighted by atomic mass is 10.0. The summed E-state index contributed by atoms with van der Waals surface area (Å²) in [5, 5.41) is 8.51. The molecule has 56 heavy (non-hydrogen) atoms. The van der Waals surface area contributed by atoms with E-state index < -0.39 is 41.3 Å². The maximum Gasteiger partial charge on any atom is 0.410 e. The van der Waals surface area contributed by atoms with Crippen molar-refractivity contribution in [1.82, 2.24) is 20.9 Å². The van der Waals surface area contributed by atoms with E-state index in [-0.39, 0.29) is 50.3 Å². The van der Waals surface area contributed by atoms with E-state index in [4.69, 9.17) is 18.9 Å². The molecule has 13 heteroatoms. The molecule has 0 saturated carbocycles. The molecule has 0 spiro atoms. The molecule has 1 unspecified atom stereocenters. The number of rotatable bonds is 19. The average molecular weight is 781 g/mol. The molecule has 310 valence electrons. The third-order valence-corrected chi connectivity index (χ3v) is 9.03. The molecule has 1 saturated heterocycles. The van der Waals surface area contributed by atoms with Gasteiger partial charge in [-0.05, 0) is 116 Å². The maximum atomic E-state index is 13.8. The number of carbonyl (C=O) groups is 5. The van der Waals surface area contributed by atoms with Crippen molar-refractivity contribution in [1.29, 1.82) is 0 Å². The Kier molecular flexibility index (Phi) is 18.0. The van der Waals surface area contributed by atoms with E-state index in [1.807, 2.05) is 83.1 Å². The Morgan fingerprint density at radius 2 is 1.55 bits per heavy atom. The van der Waals surface area contributed by atoms with E-state index in [9.17, 15) is 24.0 Å². The van der Waals surface area contributed by atoms with Crippen molar-refractivity contribution in [3.05, 3.63) is 65.2 Å². The molecule has 0 aromatic heterocycles. The third kappa shape index (κ3) is 17.3. The highest BCUT2D eigenvalue weighted by atomic mass is 16.6. The van der Waals surface area contributed by atoms with E-state index in [0.29, 0.717) is 44.7 Å². The first-order valence-corrected chi connectivity index (χ1v) is 19.9. The number of hydrogen-bond acceptors (Lipinski definition) is 9. The van der Waals surface area contributed by atoms with Gasteiger partial charge in [0.25, 0.3) is 0 Å². The number of benzene rings is 2. The van der Waals surface area contributed by atoms with Crippen molar-refractivity contribution >= 4 is 30.0 Å². The number of likely N-dealkylation sites (tertiary alicyclic amines) is 1.